The van der Waals surface area contributed by atoms with Crippen LogP contribution < -0.4 is 5.56 Å². The lowest BCUT2D eigenvalue weighted by molar-refractivity contribution is 0.0598. The highest BCUT2D eigenvalue weighted by Gasteiger charge is 2.33. The number of carbonyl (C=O) groups is 1. The zero-order valence-corrected chi connectivity index (χ0v) is 18.7. The number of likely N-dealkylation sites (tertiary alicyclic amines) is 1. The van der Waals surface area contributed by atoms with E-state index in [-0.39, 0.29) is 29.8 Å². The van der Waals surface area contributed by atoms with Gasteiger partial charge < -0.3 is 9.88 Å². The second-order valence-electron chi connectivity index (χ2n) is 8.24. The summed E-state index contributed by atoms with van der Waals surface area (Å²) in [7, 11) is -3.37. The first-order valence-electron chi connectivity index (χ1n) is 10.8. The van der Waals surface area contributed by atoms with Crippen LogP contribution in [0.15, 0.2) is 29.1 Å². The van der Waals surface area contributed by atoms with Crippen molar-refractivity contribution in [1.82, 2.24) is 19.2 Å². The molecule has 8 nitrogen and oxygen atoms in total. The number of H-pyrrole nitrogens is 1. The maximum atomic E-state index is 13.2. The lowest BCUT2D eigenvalue weighted by Gasteiger charge is -2.36. The second kappa shape index (κ2) is 8.55. The van der Waals surface area contributed by atoms with Crippen LogP contribution >= 0.6 is 0 Å². The summed E-state index contributed by atoms with van der Waals surface area (Å²) in [4.78, 5) is 35.5. The van der Waals surface area contributed by atoms with Gasteiger partial charge >= 0.3 is 0 Å². The molecule has 1 fully saturated rings. The van der Waals surface area contributed by atoms with Gasteiger partial charge in [0.2, 0.25) is 10.0 Å². The number of aromatic nitrogens is 2. The maximum Gasteiger partial charge on any atom is 0.255 e. The molecule has 4 rings (SSSR count). The van der Waals surface area contributed by atoms with Crippen molar-refractivity contribution >= 4 is 15.9 Å². The van der Waals surface area contributed by atoms with E-state index in [0.717, 1.165) is 24.8 Å². The molecule has 1 amide bonds. The van der Waals surface area contributed by atoms with Crippen LogP contribution in [0.2, 0.25) is 0 Å². The molecule has 166 valence electrons. The van der Waals surface area contributed by atoms with Gasteiger partial charge in [-0.25, -0.2) is 13.4 Å². The van der Waals surface area contributed by atoms with Crippen molar-refractivity contribution in [3.63, 3.8) is 0 Å². The molecule has 0 spiro atoms. The highest BCUT2D eigenvalue weighted by atomic mass is 32.2. The van der Waals surface area contributed by atoms with Gasteiger partial charge in [0.1, 0.15) is 5.82 Å². The van der Waals surface area contributed by atoms with Gasteiger partial charge in [0.05, 0.1) is 23.1 Å². The Bertz CT molecular complexity index is 1160. The Labute approximate surface area is 182 Å². The summed E-state index contributed by atoms with van der Waals surface area (Å²) >= 11 is 0. The van der Waals surface area contributed by atoms with Crippen LogP contribution in [0.1, 0.15) is 65.2 Å². The molecule has 2 aliphatic heterocycles. The van der Waals surface area contributed by atoms with E-state index in [9.17, 15) is 18.0 Å². The van der Waals surface area contributed by atoms with Gasteiger partial charge in [-0.15, -0.1) is 0 Å². The molecular weight excluding hydrogens is 416 g/mol. The van der Waals surface area contributed by atoms with Gasteiger partial charge in [-0.2, -0.15) is 4.31 Å². The average molecular weight is 445 g/mol. The molecular formula is C22H28N4O4S. The second-order valence-corrected chi connectivity index (χ2v) is 10.5. The van der Waals surface area contributed by atoms with Crippen molar-refractivity contribution < 1.29 is 13.2 Å². The van der Waals surface area contributed by atoms with Crippen LogP contribution in [0.25, 0.3) is 0 Å². The number of hydrogen-bond donors (Lipinski definition) is 1. The summed E-state index contributed by atoms with van der Waals surface area (Å²) in [5, 5.41) is 0. The number of piperidine rings is 1. The van der Waals surface area contributed by atoms with E-state index in [0.29, 0.717) is 42.2 Å². The van der Waals surface area contributed by atoms with E-state index in [4.69, 9.17) is 4.98 Å². The zero-order valence-electron chi connectivity index (χ0n) is 17.9. The number of nitrogens with zero attached hydrogens (tertiary/aromatic N) is 3. The zero-order chi connectivity index (χ0) is 22.2. The fraction of sp³-hybridized carbons (Fsp3) is 0.500. The molecule has 0 bridgehead atoms. The van der Waals surface area contributed by atoms with E-state index in [1.807, 2.05) is 31.2 Å². The van der Waals surface area contributed by atoms with Crippen molar-refractivity contribution in [3.8, 4) is 0 Å². The molecule has 1 aromatic carbocycles. The van der Waals surface area contributed by atoms with E-state index in [1.54, 1.807) is 11.8 Å². The van der Waals surface area contributed by atoms with E-state index in [2.05, 4.69) is 4.98 Å². The minimum absolute atomic E-state index is 0.00383. The smallest absolute Gasteiger partial charge is 0.255 e. The quantitative estimate of drug-likeness (QED) is 0.778. The summed E-state index contributed by atoms with van der Waals surface area (Å²) in [6.45, 7) is 4.52. The summed E-state index contributed by atoms with van der Waals surface area (Å²) in [6.07, 6.45) is 2.98. The van der Waals surface area contributed by atoms with Gasteiger partial charge in [0.15, 0.2) is 0 Å². The van der Waals surface area contributed by atoms with Gasteiger partial charge in [-0.3, -0.25) is 9.59 Å². The van der Waals surface area contributed by atoms with Crippen molar-refractivity contribution in [2.45, 2.75) is 52.1 Å². The maximum absolute atomic E-state index is 13.2. The van der Waals surface area contributed by atoms with Crippen LogP contribution in [0.4, 0.5) is 0 Å². The minimum Gasteiger partial charge on any atom is -0.328 e. The Hall–Kier alpha value is -2.52. The highest BCUT2D eigenvalue weighted by molar-refractivity contribution is 7.89. The van der Waals surface area contributed by atoms with Crippen LogP contribution in [0.3, 0.4) is 0 Å². The van der Waals surface area contributed by atoms with Gasteiger partial charge in [0.25, 0.3) is 11.5 Å². The van der Waals surface area contributed by atoms with Gasteiger partial charge in [-0.05, 0) is 45.2 Å². The van der Waals surface area contributed by atoms with Crippen molar-refractivity contribution in [3.05, 3.63) is 62.8 Å². The monoisotopic (exact) mass is 444 g/mol. The summed E-state index contributed by atoms with van der Waals surface area (Å²) in [6, 6.07) is 7.22. The van der Waals surface area contributed by atoms with Crippen molar-refractivity contribution in [2.75, 3.05) is 18.8 Å². The topological polar surface area (TPSA) is 103 Å². The Morgan fingerprint density at radius 3 is 2.81 bits per heavy atom. The molecule has 2 aliphatic rings. The first-order valence-corrected chi connectivity index (χ1v) is 12.4. The minimum atomic E-state index is -3.37. The largest absolute Gasteiger partial charge is 0.328 e. The molecule has 31 heavy (non-hydrogen) atoms. The molecule has 1 atom stereocenters. The third-order valence-corrected chi connectivity index (χ3v) is 7.98. The number of aromatic amines is 1. The summed E-state index contributed by atoms with van der Waals surface area (Å²) < 4.78 is 25.8. The van der Waals surface area contributed by atoms with Crippen molar-refractivity contribution in [1.29, 1.82) is 0 Å². The predicted octanol–water partition coefficient (Wildman–Crippen LogP) is 2.15. The molecule has 0 aliphatic carbocycles. The third-order valence-electron chi connectivity index (χ3n) is 6.15. The Morgan fingerprint density at radius 2 is 2.06 bits per heavy atom. The fourth-order valence-corrected chi connectivity index (χ4v) is 5.46. The van der Waals surface area contributed by atoms with Crippen LogP contribution in [-0.2, 0) is 23.0 Å². The van der Waals surface area contributed by atoms with E-state index < -0.39 is 10.0 Å². The molecule has 0 radical (unpaired) electrons. The van der Waals surface area contributed by atoms with Crippen LogP contribution in [0, 0.1) is 6.92 Å². The van der Waals surface area contributed by atoms with Gasteiger partial charge in [0, 0.05) is 31.6 Å². The fourth-order valence-electron chi connectivity index (χ4n) is 4.40. The Morgan fingerprint density at radius 1 is 1.26 bits per heavy atom. The van der Waals surface area contributed by atoms with Gasteiger partial charge in [-0.1, -0.05) is 17.7 Å². The molecule has 2 aromatic rings. The molecule has 9 heteroatoms. The number of carbonyl (C=O) groups excluding carboxylic acids is 1. The number of amides is 1. The lowest BCUT2D eigenvalue weighted by Crippen LogP contribution is -2.43. The molecule has 0 saturated carbocycles. The molecule has 1 saturated heterocycles. The third kappa shape index (κ3) is 4.29. The summed E-state index contributed by atoms with van der Waals surface area (Å²) in [5.74, 6) is 0.439. The first kappa shape index (κ1) is 21.7. The van der Waals surface area contributed by atoms with Crippen LogP contribution in [0.5, 0.6) is 0 Å². The standard InChI is InChI=1S/C22H28N4O4S/c1-3-31(29,30)25-12-10-18-17(14-25)21(27)24-20(23-18)19-9-4-5-11-26(19)22(28)16-8-6-7-15(2)13-16/h6-8,13,19H,3-5,9-12,14H2,1-2H3,(H,23,24,27)/t19-/m0/s1. The Balaban J connectivity index is 1.65. The molecule has 1 N–H and O–H groups in total. The Kier molecular flexibility index (Phi) is 5.98. The van der Waals surface area contributed by atoms with E-state index in [1.165, 1.54) is 4.31 Å². The number of benzene rings is 1. The first-order chi connectivity index (χ1) is 14.8. The van der Waals surface area contributed by atoms with Crippen LogP contribution in [-0.4, -0.2) is 52.3 Å². The summed E-state index contributed by atoms with van der Waals surface area (Å²) in [5.41, 5.74) is 2.37. The lowest BCUT2D eigenvalue weighted by atomic mass is 9.99. The molecule has 0 unspecified atom stereocenters. The normalized spacial score (nSPS) is 19.8. The highest BCUT2D eigenvalue weighted by Crippen LogP contribution is 2.31. The molecule has 3 heterocycles. The number of rotatable bonds is 4. The number of sulfonamides is 1. The van der Waals surface area contributed by atoms with E-state index >= 15 is 0 Å². The molecule has 1 aromatic heterocycles. The van der Waals surface area contributed by atoms with Crippen molar-refractivity contribution in [2.24, 2.45) is 0 Å². The number of fused-ring (bicyclic) bond motifs is 1. The average Bonchev–Trinajstić information content (AvgIpc) is 2.78. The predicted molar refractivity (Wildman–Crippen MR) is 117 cm³/mol. The SMILES string of the molecule is CCS(=O)(=O)N1CCc2nc([C@@H]3CCCCN3C(=O)c3cccc(C)c3)[nH]c(=O)c2C1. The number of nitrogens with one attached hydrogen (secondary N) is 1. The number of hydrogen-bond acceptors (Lipinski definition) is 5. The number of aryl methyl sites for hydroxylation is 1.